The number of ether oxygens (including phenoxy) is 1. The van der Waals surface area contributed by atoms with Crippen molar-refractivity contribution in [3.05, 3.63) is 87.4 Å². The number of nitrogens with one attached hydrogen (secondary N) is 1. The largest absolute Gasteiger partial charge is 0.378 e. The molecule has 1 saturated heterocycles. The summed E-state index contributed by atoms with van der Waals surface area (Å²) in [4.78, 5) is 13.9. The lowest BCUT2D eigenvalue weighted by Crippen LogP contribution is -2.48. The maximum absolute atomic E-state index is 15.5. The molecule has 7 rings (SSSR count). The van der Waals surface area contributed by atoms with Gasteiger partial charge in [0.2, 0.25) is 0 Å². The molecule has 0 amide bonds. The summed E-state index contributed by atoms with van der Waals surface area (Å²) >= 11 is 0. The van der Waals surface area contributed by atoms with E-state index in [9.17, 15) is 9.18 Å². The van der Waals surface area contributed by atoms with Crippen molar-refractivity contribution in [3.8, 4) is 17.2 Å². The van der Waals surface area contributed by atoms with Crippen LogP contribution in [0.3, 0.4) is 0 Å². The molecular weight excluding hydrogens is 492 g/mol. The van der Waals surface area contributed by atoms with E-state index in [-0.39, 0.29) is 23.6 Å². The van der Waals surface area contributed by atoms with Crippen molar-refractivity contribution in [1.82, 2.24) is 34.0 Å². The molecule has 1 N–H and O–H groups in total. The number of aryl methyl sites for hydroxylation is 3. The molecule has 0 aliphatic carbocycles. The van der Waals surface area contributed by atoms with Gasteiger partial charge in [0, 0.05) is 37.5 Å². The fourth-order valence-electron chi connectivity index (χ4n) is 5.75. The number of rotatable bonds is 3. The average Bonchev–Trinajstić information content (AvgIpc) is 3.58. The topological polar surface area (TPSA) is 83.8 Å². The molecule has 3 aromatic heterocycles. The lowest BCUT2D eigenvalue weighted by Gasteiger charge is -2.35. The van der Waals surface area contributed by atoms with Gasteiger partial charge in [-0.2, -0.15) is 10.2 Å². The van der Waals surface area contributed by atoms with Gasteiger partial charge in [-0.1, -0.05) is 0 Å². The maximum atomic E-state index is 15.5. The fourth-order valence-corrected chi connectivity index (χ4v) is 5.75. The quantitative estimate of drug-likeness (QED) is 0.398. The van der Waals surface area contributed by atoms with Crippen LogP contribution < -0.4 is 11.0 Å². The molecule has 2 aliphatic heterocycles. The van der Waals surface area contributed by atoms with Crippen LogP contribution >= 0.6 is 0 Å². The first-order valence-corrected chi connectivity index (χ1v) is 12.5. The van der Waals surface area contributed by atoms with Gasteiger partial charge in [0.05, 0.1) is 53.4 Å². The standard InChI is InChI=1S/C27H25F2N7O2/c1-14-8-17(9-15(2)24(14)28)36-26(23-19(32-36)10-16-12-38-13-20(23)31-16)35-7-6-34(27(35)37)22-5-4-21-18(25(22)29)11-30-33(21)3/h4-9,11,16,20,31H,10,12-13H2,1-3H3. The van der Waals surface area contributed by atoms with Crippen LogP contribution in [-0.4, -0.2) is 48.0 Å². The minimum atomic E-state index is -0.527. The number of hydrogen-bond donors (Lipinski definition) is 1. The normalized spacial score (nSPS) is 18.8. The third-order valence-corrected chi connectivity index (χ3v) is 7.58. The number of benzene rings is 2. The Bertz CT molecular complexity index is 1790. The van der Waals surface area contributed by atoms with Crippen LogP contribution in [0, 0.1) is 25.5 Å². The van der Waals surface area contributed by atoms with E-state index >= 15 is 4.39 Å². The highest BCUT2D eigenvalue weighted by molar-refractivity contribution is 5.81. The third kappa shape index (κ3) is 3.25. The van der Waals surface area contributed by atoms with Crippen LogP contribution in [0.5, 0.6) is 0 Å². The third-order valence-electron chi connectivity index (χ3n) is 7.58. The van der Waals surface area contributed by atoms with Gasteiger partial charge in [0.15, 0.2) is 5.82 Å². The van der Waals surface area contributed by atoms with Crippen LogP contribution in [0.2, 0.25) is 0 Å². The molecule has 0 radical (unpaired) electrons. The molecule has 2 bridgehead atoms. The number of fused-ring (bicyclic) bond motifs is 5. The molecule has 5 heterocycles. The number of morpholine rings is 1. The van der Waals surface area contributed by atoms with Gasteiger partial charge in [-0.05, 0) is 49.2 Å². The molecule has 2 aromatic carbocycles. The molecule has 1 fully saturated rings. The highest BCUT2D eigenvalue weighted by atomic mass is 19.1. The number of aromatic nitrogens is 6. The summed E-state index contributed by atoms with van der Waals surface area (Å²) in [6.07, 6.45) is 5.24. The van der Waals surface area contributed by atoms with E-state index in [0.717, 1.165) is 11.3 Å². The highest BCUT2D eigenvalue weighted by Gasteiger charge is 2.37. The summed E-state index contributed by atoms with van der Waals surface area (Å²) in [5.74, 6) is -0.276. The molecule has 0 spiro atoms. The SMILES string of the molecule is Cc1cc(-n2nc3c(c2-n2ccn(-c4ccc5c(cnn5C)c4F)c2=O)C2COCC(C3)N2)cc(C)c1F. The van der Waals surface area contributed by atoms with Crippen molar-refractivity contribution < 1.29 is 13.5 Å². The number of halogens is 2. The molecule has 38 heavy (non-hydrogen) atoms. The Kier molecular flexibility index (Phi) is 4.98. The lowest BCUT2D eigenvalue weighted by molar-refractivity contribution is 0.0384. The van der Waals surface area contributed by atoms with Crippen LogP contribution in [-0.2, 0) is 18.2 Å². The molecule has 2 aliphatic rings. The molecule has 2 unspecified atom stereocenters. The first kappa shape index (κ1) is 23.1. The van der Waals surface area contributed by atoms with Crippen molar-refractivity contribution >= 4 is 10.9 Å². The number of nitrogens with zero attached hydrogens (tertiary/aromatic N) is 6. The van der Waals surface area contributed by atoms with E-state index in [4.69, 9.17) is 9.84 Å². The maximum Gasteiger partial charge on any atom is 0.338 e. The second-order valence-electron chi connectivity index (χ2n) is 10.1. The fraction of sp³-hybridized carbons (Fsp3) is 0.296. The Labute approximate surface area is 215 Å². The zero-order valence-corrected chi connectivity index (χ0v) is 21.1. The van der Waals surface area contributed by atoms with E-state index < -0.39 is 11.5 Å². The lowest BCUT2D eigenvalue weighted by atomic mass is 9.94. The van der Waals surface area contributed by atoms with Crippen LogP contribution in [0.25, 0.3) is 28.1 Å². The second kappa shape index (κ2) is 8.20. The van der Waals surface area contributed by atoms with E-state index in [2.05, 4.69) is 10.4 Å². The van der Waals surface area contributed by atoms with Gasteiger partial charge >= 0.3 is 5.69 Å². The Morgan fingerprint density at radius 2 is 1.82 bits per heavy atom. The van der Waals surface area contributed by atoms with Gasteiger partial charge in [0.1, 0.15) is 11.6 Å². The van der Waals surface area contributed by atoms with E-state index in [0.29, 0.717) is 53.2 Å². The summed E-state index contributed by atoms with van der Waals surface area (Å²) in [7, 11) is 1.74. The van der Waals surface area contributed by atoms with E-state index in [1.165, 1.54) is 15.3 Å². The molecule has 194 valence electrons. The average molecular weight is 518 g/mol. The monoisotopic (exact) mass is 517 g/mol. The van der Waals surface area contributed by atoms with Crippen LogP contribution in [0.15, 0.2) is 47.7 Å². The van der Waals surface area contributed by atoms with Gasteiger partial charge in [0.25, 0.3) is 0 Å². The first-order chi connectivity index (χ1) is 18.3. The van der Waals surface area contributed by atoms with Crippen molar-refractivity contribution in [1.29, 1.82) is 0 Å². The molecule has 2 atom stereocenters. The van der Waals surface area contributed by atoms with Crippen molar-refractivity contribution in [3.63, 3.8) is 0 Å². The molecule has 0 saturated carbocycles. The van der Waals surface area contributed by atoms with Gasteiger partial charge in [-0.15, -0.1) is 0 Å². The molecule has 11 heteroatoms. The summed E-state index contributed by atoms with van der Waals surface area (Å²) in [6, 6.07) is 6.71. The molecule has 9 nitrogen and oxygen atoms in total. The zero-order chi connectivity index (χ0) is 26.3. The van der Waals surface area contributed by atoms with Crippen LogP contribution in [0.1, 0.15) is 28.4 Å². The first-order valence-electron chi connectivity index (χ1n) is 12.5. The Morgan fingerprint density at radius 1 is 1.05 bits per heavy atom. The summed E-state index contributed by atoms with van der Waals surface area (Å²) in [6.45, 7) is 4.43. The minimum absolute atomic E-state index is 0.121. The van der Waals surface area contributed by atoms with Crippen molar-refractivity contribution in [2.75, 3.05) is 13.2 Å². The summed E-state index contributed by atoms with van der Waals surface area (Å²) in [5.41, 5.74) is 3.62. The minimum Gasteiger partial charge on any atom is -0.378 e. The zero-order valence-electron chi connectivity index (χ0n) is 21.1. The summed E-state index contributed by atoms with van der Waals surface area (Å²) in [5, 5.41) is 13.0. The summed E-state index contributed by atoms with van der Waals surface area (Å²) < 4.78 is 41.9. The van der Waals surface area contributed by atoms with Gasteiger partial charge in [-0.25, -0.2) is 18.3 Å². The molecule has 5 aromatic rings. The van der Waals surface area contributed by atoms with Gasteiger partial charge < -0.3 is 10.1 Å². The van der Waals surface area contributed by atoms with Crippen molar-refractivity contribution in [2.24, 2.45) is 7.05 Å². The Hall–Kier alpha value is -4.09. The van der Waals surface area contributed by atoms with Crippen LogP contribution in [0.4, 0.5) is 8.78 Å². The number of hydrogen-bond acceptors (Lipinski definition) is 5. The Balaban J connectivity index is 1.46. The van der Waals surface area contributed by atoms with Crippen molar-refractivity contribution in [2.45, 2.75) is 32.4 Å². The highest BCUT2D eigenvalue weighted by Crippen LogP contribution is 2.35. The number of imidazole rings is 1. The Morgan fingerprint density at radius 3 is 2.61 bits per heavy atom. The molecular formula is C27H25F2N7O2. The smallest absolute Gasteiger partial charge is 0.338 e. The second-order valence-corrected chi connectivity index (χ2v) is 10.1. The predicted octanol–water partition coefficient (Wildman–Crippen LogP) is 3.18. The van der Waals surface area contributed by atoms with E-state index in [1.807, 2.05) is 0 Å². The predicted molar refractivity (Wildman–Crippen MR) is 136 cm³/mol. The van der Waals surface area contributed by atoms with E-state index in [1.54, 1.807) is 66.9 Å². The van der Waals surface area contributed by atoms with Gasteiger partial charge in [-0.3, -0.25) is 13.8 Å².